The summed E-state index contributed by atoms with van der Waals surface area (Å²) >= 11 is 0. The van der Waals surface area contributed by atoms with Gasteiger partial charge in [0.2, 0.25) is 0 Å². The number of aliphatic hydroxyl groups excluding tert-OH is 2. The molecule has 1 aliphatic rings. The van der Waals surface area contributed by atoms with Crippen molar-refractivity contribution in [3.8, 4) is 0 Å². The van der Waals surface area contributed by atoms with Gasteiger partial charge in [0, 0.05) is 27.3 Å². The third-order valence-electron chi connectivity index (χ3n) is 5.18. The van der Waals surface area contributed by atoms with E-state index in [2.05, 4.69) is 28.1 Å². The fourth-order valence-corrected chi connectivity index (χ4v) is 6.39. The molecule has 0 amide bonds. The molecule has 0 radical (unpaired) electrons. The number of aromatic nitrogens is 4. The third-order valence-corrected chi connectivity index (χ3v) is 8.84. The quantitative estimate of drug-likeness (QED) is 0.108. The van der Waals surface area contributed by atoms with Crippen LogP contribution in [-0.4, -0.2) is 95.2 Å². The number of fused-ring (bicyclic) bond motifs is 1. The highest BCUT2D eigenvalue weighted by Crippen LogP contribution is 2.60. The van der Waals surface area contributed by atoms with Gasteiger partial charge in [0.25, 0.3) is 15.6 Å². The molecule has 0 aromatic carbocycles. The van der Waals surface area contributed by atoms with Crippen LogP contribution in [0.3, 0.4) is 0 Å². The number of phosphoric ester groups is 1. The summed E-state index contributed by atoms with van der Waals surface area (Å²) < 4.78 is 61.4. The number of aliphatic hydroxyl groups is 2. The Morgan fingerprint density at radius 3 is 2.02 bits per heavy atom. The standard InChI is InChI=1S/C16H28N5O15P3.4H3N/c1-31-5-3-20(4-6-32-2)14-11-15(18-8-17-14)21(9-19-11)16-13(23)12(22)10(34-16)7-33-38(27,28)36-39(29,30)35-37(24,25)26;;;;/h8-10,12-13,16,22-23H,3-7H2,1-2H3,(H,27,28)(H,29,30)(H2,24,25,26);4*1H3/t10-,12-,13-,16-;;;;/m1..../s1. The summed E-state index contributed by atoms with van der Waals surface area (Å²) in [5, 5.41) is 20.9. The second kappa shape index (κ2) is 17.8. The molecule has 2 aromatic heterocycles. The SMILES string of the molecule is COCCN(CCOC)c1ncnc2c1ncn2[C@@H]1O[C@H](COP(=O)([O-])OP(=O)([O-])OP(=O)([O-])[O-])[C@@H](O)[C@H]1O.[NH4+].[NH4+].[NH4+].[NH4+]. The summed E-state index contributed by atoms with van der Waals surface area (Å²) in [6, 6.07) is 0. The number of hydrogen-bond donors (Lipinski definition) is 6. The normalized spacial score (nSPS) is 22.7. The van der Waals surface area contributed by atoms with Crippen molar-refractivity contribution in [2.24, 2.45) is 0 Å². The van der Waals surface area contributed by atoms with Crippen LogP contribution in [0.25, 0.3) is 11.2 Å². The first kappa shape index (κ1) is 43.5. The fourth-order valence-electron chi connectivity index (χ4n) is 3.53. The van der Waals surface area contributed by atoms with E-state index in [4.69, 9.17) is 14.2 Å². The van der Waals surface area contributed by atoms with Crippen LogP contribution in [0.1, 0.15) is 6.23 Å². The first-order valence-corrected chi connectivity index (χ1v) is 15.2. The molecule has 254 valence electrons. The molecule has 0 bridgehead atoms. The predicted octanol–water partition coefficient (Wildman–Crippen LogP) is -2.14. The van der Waals surface area contributed by atoms with E-state index in [0.717, 1.165) is 0 Å². The zero-order valence-corrected chi connectivity index (χ0v) is 27.0. The van der Waals surface area contributed by atoms with Crippen molar-refractivity contribution in [2.75, 3.05) is 52.0 Å². The Bertz CT molecular complexity index is 1260. The molecule has 24 nitrogen and oxygen atoms in total. The van der Waals surface area contributed by atoms with E-state index < -0.39 is 54.6 Å². The second-order valence-electron chi connectivity index (χ2n) is 7.84. The summed E-state index contributed by atoms with van der Waals surface area (Å²) in [6.45, 7) is 0.500. The van der Waals surface area contributed by atoms with Crippen LogP contribution in [0.5, 0.6) is 0 Å². The number of nitrogens with zero attached hydrogens (tertiary/aromatic N) is 5. The van der Waals surface area contributed by atoms with Gasteiger partial charge in [-0.2, -0.15) is 0 Å². The molecule has 18 N–H and O–H groups in total. The molecule has 2 unspecified atom stereocenters. The summed E-state index contributed by atoms with van der Waals surface area (Å²) in [4.78, 5) is 58.5. The number of rotatable bonds is 15. The van der Waals surface area contributed by atoms with Crippen LogP contribution >= 0.6 is 23.5 Å². The number of methoxy groups -OCH3 is 2. The Labute approximate surface area is 245 Å². The van der Waals surface area contributed by atoms with Gasteiger partial charge in [0.15, 0.2) is 23.2 Å². The van der Waals surface area contributed by atoms with Gasteiger partial charge in [-0.1, -0.05) is 0 Å². The van der Waals surface area contributed by atoms with E-state index in [0.29, 0.717) is 37.6 Å². The minimum Gasteiger partial charge on any atom is -0.790 e. The van der Waals surface area contributed by atoms with Gasteiger partial charge in [0.05, 0.1) is 34.0 Å². The Morgan fingerprint density at radius 2 is 1.49 bits per heavy atom. The molecular formula is C16H40N9O15P3. The van der Waals surface area contributed by atoms with Crippen molar-refractivity contribution in [1.29, 1.82) is 0 Å². The second-order valence-corrected chi connectivity index (χ2v) is 12.1. The molecule has 0 spiro atoms. The summed E-state index contributed by atoms with van der Waals surface area (Å²) in [5.41, 5.74) is 0.479. The van der Waals surface area contributed by atoms with Crippen LogP contribution in [-0.2, 0) is 41.1 Å². The lowest BCUT2D eigenvalue weighted by Crippen LogP contribution is -2.34. The van der Waals surface area contributed by atoms with Crippen LogP contribution in [0.2, 0.25) is 0 Å². The van der Waals surface area contributed by atoms with Crippen LogP contribution in [0.15, 0.2) is 12.7 Å². The van der Waals surface area contributed by atoms with E-state index in [-0.39, 0.29) is 30.2 Å². The maximum Gasteiger partial charge on any atom is 0.278 e. The zero-order valence-electron chi connectivity index (χ0n) is 24.3. The average molecular weight is 691 g/mol. The Kier molecular flexibility index (Phi) is 18.0. The van der Waals surface area contributed by atoms with E-state index >= 15 is 0 Å². The average Bonchev–Trinajstić information content (AvgIpc) is 3.36. The largest absolute Gasteiger partial charge is 0.790 e. The highest BCUT2D eigenvalue weighted by Gasteiger charge is 2.45. The molecule has 27 heteroatoms. The van der Waals surface area contributed by atoms with E-state index in [1.54, 1.807) is 0 Å². The van der Waals surface area contributed by atoms with Gasteiger partial charge < -0.3 is 82.6 Å². The molecule has 3 rings (SSSR count). The van der Waals surface area contributed by atoms with E-state index in [1.165, 1.54) is 31.4 Å². The monoisotopic (exact) mass is 691 g/mol. The summed E-state index contributed by atoms with van der Waals surface area (Å²) in [6.07, 6.45) is -3.87. The number of ether oxygens (including phenoxy) is 3. The Hall–Kier alpha value is -1.60. The van der Waals surface area contributed by atoms with Gasteiger partial charge in [-0.3, -0.25) is 18.0 Å². The minimum atomic E-state index is -6.17. The predicted molar refractivity (Wildman–Crippen MR) is 142 cm³/mol. The highest BCUT2D eigenvalue weighted by atomic mass is 31.3. The van der Waals surface area contributed by atoms with Crippen LogP contribution in [0, 0.1) is 0 Å². The maximum absolute atomic E-state index is 11.8. The van der Waals surface area contributed by atoms with Gasteiger partial charge >= 0.3 is 0 Å². The lowest BCUT2D eigenvalue weighted by molar-refractivity contribution is -0.339. The molecule has 0 aliphatic carbocycles. The summed E-state index contributed by atoms with van der Waals surface area (Å²) in [7, 11) is -15.1. The van der Waals surface area contributed by atoms with Crippen molar-refractivity contribution < 1.29 is 70.8 Å². The molecule has 1 aliphatic heterocycles. The Balaban J connectivity index is 0. The molecule has 43 heavy (non-hydrogen) atoms. The lowest BCUT2D eigenvalue weighted by Gasteiger charge is -2.37. The summed E-state index contributed by atoms with van der Waals surface area (Å²) in [5.74, 6) is 0.412. The molecule has 1 fully saturated rings. The topological polar surface area (TPSA) is 432 Å². The zero-order chi connectivity index (χ0) is 29.0. The van der Waals surface area contributed by atoms with Crippen molar-refractivity contribution in [2.45, 2.75) is 24.5 Å². The molecule has 3 heterocycles. The number of quaternary nitrogens is 4. The van der Waals surface area contributed by atoms with Crippen molar-refractivity contribution in [3.05, 3.63) is 12.7 Å². The fraction of sp³-hybridized carbons (Fsp3) is 0.688. The van der Waals surface area contributed by atoms with Crippen molar-refractivity contribution >= 4 is 40.4 Å². The molecular weight excluding hydrogens is 651 g/mol. The molecule has 0 saturated carbocycles. The molecule has 1 saturated heterocycles. The third kappa shape index (κ3) is 11.7. The van der Waals surface area contributed by atoms with Gasteiger partial charge in [-0.05, 0) is 0 Å². The van der Waals surface area contributed by atoms with Crippen molar-refractivity contribution in [1.82, 2.24) is 44.1 Å². The van der Waals surface area contributed by atoms with Gasteiger partial charge in [-0.25, -0.2) is 19.3 Å². The first-order valence-electron chi connectivity index (χ1n) is 10.8. The van der Waals surface area contributed by atoms with E-state index in [1.807, 2.05) is 4.90 Å². The van der Waals surface area contributed by atoms with Gasteiger partial charge in [0.1, 0.15) is 24.6 Å². The number of anilines is 1. The number of phosphoric acid groups is 3. The first-order chi connectivity index (χ1) is 18.2. The smallest absolute Gasteiger partial charge is 0.278 e. The van der Waals surface area contributed by atoms with Crippen molar-refractivity contribution in [3.63, 3.8) is 0 Å². The molecule has 6 atom stereocenters. The molecule has 2 aromatic rings. The maximum atomic E-state index is 11.8. The number of hydrogen-bond acceptors (Lipinski definition) is 19. The Morgan fingerprint density at radius 1 is 0.907 bits per heavy atom. The van der Waals surface area contributed by atoms with Gasteiger partial charge in [-0.15, -0.1) is 0 Å². The highest BCUT2D eigenvalue weighted by molar-refractivity contribution is 7.64. The minimum absolute atomic E-state index is 0. The van der Waals surface area contributed by atoms with E-state index in [9.17, 15) is 43.5 Å². The van der Waals surface area contributed by atoms with Crippen LogP contribution in [0.4, 0.5) is 5.82 Å². The van der Waals surface area contributed by atoms with Crippen LogP contribution < -0.4 is 49.1 Å². The lowest BCUT2D eigenvalue weighted by atomic mass is 10.1. The number of imidazole rings is 1.